The Balaban J connectivity index is 1.66. The number of nitrogens with zero attached hydrogens (tertiary/aromatic N) is 4. The van der Waals surface area contributed by atoms with E-state index < -0.39 is 0 Å². The van der Waals surface area contributed by atoms with Crippen LogP contribution in [0, 0.1) is 5.92 Å². The molecule has 3 rings (SSSR count). The monoisotopic (exact) mass is 350 g/mol. The number of aromatic nitrogens is 3. The summed E-state index contributed by atoms with van der Waals surface area (Å²) in [4.78, 5) is 38.6. The molecule has 1 unspecified atom stereocenters. The summed E-state index contributed by atoms with van der Waals surface area (Å²) in [5.41, 5.74) is -0.204. The van der Waals surface area contributed by atoms with Gasteiger partial charge in [0.1, 0.15) is 12.4 Å². The normalized spacial score (nSPS) is 20.7. The molecule has 1 amide bonds. The molecule has 1 saturated heterocycles. The number of aryl methyl sites for hydroxylation is 1. The van der Waals surface area contributed by atoms with Crippen molar-refractivity contribution in [1.82, 2.24) is 19.2 Å². The Morgan fingerprint density at radius 2 is 2.04 bits per heavy atom. The second-order valence-corrected chi connectivity index (χ2v) is 6.75. The van der Waals surface area contributed by atoms with E-state index in [2.05, 4.69) is 5.10 Å². The third-order valence-electron chi connectivity index (χ3n) is 4.96. The van der Waals surface area contributed by atoms with E-state index in [0.29, 0.717) is 26.2 Å². The molecule has 8 heteroatoms. The number of rotatable bonds is 4. The predicted octanol–water partition coefficient (Wildman–Crippen LogP) is 0.573. The lowest BCUT2D eigenvalue weighted by molar-refractivity contribution is -0.151. The smallest absolute Gasteiger partial charge is 0.346 e. The number of hydrogen-bond acceptors (Lipinski definition) is 5. The van der Waals surface area contributed by atoms with Gasteiger partial charge in [0.25, 0.3) is 0 Å². The Bertz CT molecular complexity index is 693. The molecule has 0 aliphatic carbocycles. The van der Waals surface area contributed by atoms with Crippen molar-refractivity contribution in [2.45, 2.75) is 58.5 Å². The summed E-state index contributed by atoms with van der Waals surface area (Å²) in [6, 6.07) is 0. The lowest BCUT2D eigenvalue weighted by Gasteiger charge is -2.31. The first-order chi connectivity index (χ1) is 12.1. The van der Waals surface area contributed by atoms with Gasteiger partial charge < -0.3 is 9.64 Å². The molecule has 1 atom stereocenters. The van der Waals surface area contributed by atoms with E-state index in [4.69, 9.17) is 4.74 Å². The third-order valence-corrected chi connectivity index (χ3v) is 4.96. The topological polar surface area (TPSA) is 86.4 Å². The highest BCUT2D eigenvalue weighted by atomic mass is 16.5. The number of amides is 1. The largest absolute Gasteiger partial charge is 0.466 e. The minimum atomic E-state index is -0.270. The minimum Gasteiger partial charge on any atom is -0.466 e. The molecule has 138 valence electrons. The van der Waals surface area contributed by atoms with Gasteiger partial charge in [0.15, 0.2) is 0 Å². The van der Waals surface area contributed by atoms with E-state index in [-0.39, 0.29) is 30.0 Å². The van der Waals surface area contributed by atoms with Crippen LogP contribution in [0.25, 0.3) is 0 Å². The van der Waals surface area contributed by atoms with E-state index in [1.165, 1.54) is 4.68 Å². The summed E-state index contributed by atoms with van der Waals surface area (Å²) < 4.78 is 8.03. The third kappa shape index (κ3) is 3.93. The maximum absolute atomic E-state index is 12.6. The standard InChI is InChI=1S/C17H26N4O4/c1-2-25-16(23)13-7-6-9-19(11-13)15(22)12-21-17(24)20-10-5-3-4-8-14(20)18-21/h13H,2-12H2,1H3. The summed E-state index contributed by atoms with van der Waals surface area (Å²) in [5.74, 6) is 0.0988. The first kappa shape index (κ1) is 17.7. The number of fused-ring (bicyclic) bond motifs is 1. The Morgan fingerprint density at radius 1 is 1.20 bits per heavy atom. The number of likely N-dealkylation sites (tertiary alicyclic amines) is 1. The summed E-state index contributed by atoms with van der Waals surface area (Å²) in [5, 5.41) is 4.36. The molecule has 2 aliphatic heterocycles. The summed E-state index contributed by atoms with van der Waals surface area (Å²) in [7, 11) is 0. The summed E-state index contributed by atoms with van der Waals surface area (Å²) in [6.45, 7) is 3.71. The minimum absolute atomic E-state index is 0.0611. The van der Waals surface area contributed by atoms with E-state index in [9.17, 15) is 14.4 Å². The molecule has 8 nitrogen and oxygen atoms in total. The molecule has 1 aromatic rings. The first-order valence-corrected chi connectivity index (χ1v) is 9.21. The molecule has 2 aliphatic rings. The SMILES string of the molecule is CCOC(=O)C1CCCN(C(=O)Cn2nc3n(c2=O)CCCCC3)C1. The van der Waals surface area contributed by atoms with Gasteiger partial charge in [-0.05, 0) is 32.6 Å². The Morgan fingerprint density at radius 3 is 2.84 bits per heavy atom. The molecule has 0 aromatic carbocycles. The average Bonchev–Trinajstić information content (AvgIpc) is 2.78. The molecule has 25 heavy (non-hydrogen) atoms. The van der Waals surface area contributed by atoms with Gasteiger partial charge in [-0.1, -0.05) is 6.42 Å². The van der Waals surface area contributed by atoms with Crippen molar-refractivity contribution < 1.29 is 14.3 Å². The van der Waals surface area contributed by atoms with Crippen LogP contribution in [-0.4, -0.2) is 50.8 Å². The van der Waals surface area contributed by atoms with Crippen LogP contribution < -0.4 is 5.69 Å². The fraction of sp³-hybridized carbons (Fsp3) is 0.765. The molecule has 0 saturated carbocycles. The number of hydrogen-bond donors (Lipinski definition) is 0. The lowest BCUT2D eigenvalue weighted by Crippen LogP contribution is -2.45. The number of ether oxygens (including phenoxy) is 1. The molecular weight excluding hydrogens is 324 g/mol. The van der Waals surface area contributed by atoms with E-state index in [0.717, 1.165) is 44.3 Å². The zero-order valence-electron chi connectivity index (χ0n) is 14.8. The van der Waals surface area contributed by atoms with Crippen LogP contribution in [0.15, 0.2) is 4.79 Å². The molecule has 0 N–H and O–H groups in total. The van der Waals surface area contributed by atoms with Gasteiger partial charge in [0, 0.05) is 26.1 Å². The van der Waals surface area contributed by atoms with Crippen LogP contribution in [0.4, 0.5) is 0 Å². The molecule has 3 heterocycles. The second kappa shape index (κ2) is 7.84. The van der Waals surface area contributed by atoms with Gasteiger partial charge in [0.2, 0.25) is 5.91 Å². The van der Waals surface area contributed by atoms with Crippen molar-refractivity contribution >= 4 is 11.9 Å². The fourth-order valence-corrected chi connectivity index (χ4v) is 3.61. The van der Waals surface area contributed by atoms with E-state index in [1.54, 1.807) is 16.4 Å². The van der Waals surface area contributed by atoms with E-state index >= 15 is 0 Å². The molecular formula is C17H26N4O4. The lowest BCUT2D eigenvalue weighted by atomic mass is 9.98. The van der Waals surface area contributed by atoms with Crippen LogP contribution in [0.1, 0.15) is 44.9 Å². The zero-order chi connectivity index (χ0) is 17.8. The van der Waals surface area contributed by atoms with Crippen LogP contribution in [0.3, 0.4) is 0 Å². The maximum atomic E-state index is 12.6. The van der Waals surface area contributed by atoms with E-state index in [1.807, 2.05) is 0 Å². The van der Waals surface area contributed by atoms with Gasteiger partial charge in [-0.3, -0.25) is 14.2 Å². The maximum Gasteiger partial charge on any atom is 0.346 e. The fourth-order valence-electron chi connectivity index (χ4n) is 3.61. The predicted molar refractivity (Wildman–Crippen MR) is 90.0 cm³/mol. The molecule has 1 aromatic heterocycles. The van der Waals surface area contributed by atoms with Crippen LogP contribution in [-0.2, 0) is 33.8 Å². The van der Waals surface area contributed by atoms with Gasteiger partial charge in [-0.25, -0.2) is 9.48 Å². The highest BCUT2D eigenvalue weighted by Crippen LogP contribution is 2.18. The van der Waals surface area contributed by atoms with Crippen molar-refractivity contribution in [3.05, 3.63) is 16.3 Å². The molecule has 0 radical (unpaired) electrons. The van der Waals surface area contributed by atoms with Crippen molar-refractivity contribution in [2.24, 2.45) is 5.92 Å². The van der Waals surface area contributed by atoms with Gasteiger partial charge in [-0.15, -0.1) is 0 Å². The Hall–Kier alpha value is -2.12. The zero-order valence-corrected chi connectivity index (χ0v) is 14.8. The van der Waals surface area contributed by atoms with Crippen molar-refractivity contribution in [3.63, 3.8) is 0 Å². The quantitative estimate of drug-likeness (QED) is 0.741. The highest BCUT2D eigenvalue weighted by Gasteiger charge is 2.30. The molecule has 0 bridgehead atoms. The van der Waals surface area contributed by atoms with Crippen molar-refractivity contribution in [2.75, 3.05) is 19.7 Å². The number of carbonyl (C=O) groups excluding carboxylic acids is 2. The van der Waals surface area contributed by atoms with Gasteiger partial charge in [-0.2, -0.15) is 5.10 Å². The Kier molecular flexibility index (Phi) is 5.55. The second-order valence-electron chi connectivity index (χ2n) is 6.75. The highest BCUT2D eigenvalue weighted by molar-refractivity contribution is 5.78. The Labute approximate surface area is 146 Å². The number of carbonyl (C=O) groups is 2. The van der Waals surface area contributed by atoms with Crippen LogP contribution in [0.2, 0.25) is 0 Å². The summed E-state index contributed by atoms with van der Waals surface area (Å²) >= 11 is 0. The van der Waals surface area contributed by atoms with Crippen LogP contribution in [0.5, 0.6) is 0 Å². The number of esters is 1. The van der Waals surface area contributed by atoms with Gasteiger partial charge in [0.05, 0.1) is 12.5 Å². The summed E-state index contributed by atoms with van der Waals surface area (Å²) in [6.07, 6.45) is 5.39. The van der Waals surface area contributed by atoms with Crippen LogP contribution >= 0.6 is 0 Å². The molecule has 0 spiro atoms. The average molecular weight is 350 g/mol. The first-order valence-electron chi connectivity index (χ1n) is 9.21. The van der Waals surface area contributed by atoms with Crippen molar-refractivity contribution in [3.8, 4) is 0 Å². The van der Waals surface area contributed by atoms with Gasteiger partial charge >= 0.3 is 11.7 Å². The molecule has 1 fully saturated rings. The van der Waals surface area contributed by atoms with Crippen molar-refractivity contribution in [1.29, 1.82) is 0 Å². The number of piperidine rings is 1.